The van der Waals surface area contributed by atoms with Gasteiger partial charge in [-0.25, -0.2) is 0 Å². The van der Waals surface area contributed by atoms with Crippen molar-refractivity contribution in [2.75, 3.05) is 19.5 Å². The summed E-state index contributed by atoms with van der Waals surface area (Å²) < 4.78 is 8.34. The van der Waals surface area contributed by atoms with Crippen molar-refractivity contribution in [1.29, 1.82) is 0 Å². The molecule has 2 heterocycles. The highest BCUT2D eigenvalue weighted by Crippen LogP contribution is 2.21. The van der Waals surface area contributed by atoms with Crippen LogP contribution in [0.3, 0.4) is 0 Å². The van der Waals surface area contributed by atoms with Gasteiger partial charge in [-0.1, -0.05) is 30.0 Å². The van der Waals surface area contributed by atoms with Gasteiger partial charge in [0.2, 0.25) is 11.7 Å². The Labute approximate surface area is 160 Å². The number of amides is 1. The number of benzene rings is 1. The summed E-state index contributed by atoms with van der Waals surface area (Å²) in [4.78, 5) is 24.9. The number of fused-ring (bicyclic) bond motifs is 3. The van der Waals surface area contributed by atoms with Gasteiger partial charge in [0.25, 0.3) is 5.56 Å². The fourth-order valence-corrected chi connectivity index (χ4v) is 3.61. The van der Waals surface area contributed by atoms with Crippen LogP contribution in [-0.2, 0) is 16.1 Å². The Kier molecular flexibility index (Phi) is 5.92. The SMILES string of the molecule is C=CCn1c(=O)c2ccccc2n2c(SCC(=O)N[C@@H](C)COC)nnc12. The Morgan fingerprint density at radius 3 is 2.93 bits per heavy atom. The van der Waals surface area contributed by atoms with E-state index in [9.17, 15) is 9.59 Å². The van der Waals surface area contributed by atoms with Crippen LogP contribution < -0.4 is 10.9 Å². The molecule has 27 heavy (non-hydrogen) atoms. The first-order valence-electron chi connectivity index (χ1n) is 8.45. The molecule has 8 nitrogen and oxygen atoms in total. The van der Waals surface area contributed by atoms with Crippen molar-refractivity contribution in [3.63, 3.8) is 0 Å². The van der Waals surface area contributed by atoms with E-state index in [-0.39, 0.29) is 23.3 Å². The van der Waals surface area contributed by atoms with Crippen molar-refractivity contribution in [3.05, 3.63) is 47.3 Å². The summed E-state index contributed by atoms with van der Waals surface area (Å²) in [5.41, 5.74) is 0.562. The van der Waals surface area contributed by atoms with Crippen LogP contribution >= 0.6 is 11.8 Å². The summed E-state index contributed by atoms with van der Waals surface area (Å²) in [5, 5.41) is 12.3. The van der Waals surface area contributed by atoms with Gasteiger partial charge in [0.05, 0.1) is 23.3 Å². The maximum absolute atomic E-state index is 12.7. The van der Waals surface area contributed by atoms with Gasteiger partial charge in [0, 0.05) is 19.7 Å². The molecule has 142 valence electrons. The van der Waals surface area contributed by atoms with Crippen LogP contribution in [0.25, 0.3) is 16.7 Å². The molecule has 1 atom stereocenters. The highest BCUT2D eigenvalue weighted by molar-refractivity contribution is 7.99. The summed E-state index contributed by atoms with van der Waals surface area (Å²) in [5.74, 6) is 0.489. The number of hydrogen-bond acceptors (Lipinski definition) is 6. The van der Waals surface area contributed by atoms with Crippen LogP contribution in [0.2, 0.25) is 0 Å². The molecule has 0 radical (unpaired) electrons. The van der Waals surface area contributed by atoms with Gasteiger partial charge in [0.15, 0.2) is 5.16 Å². The lowest BCUT2D eigenvalue weighted by Gasteiger charge is -2.12. The van der Waals surface area contributed by atoms with Crippen LogP contribution in [0.1, 0.15) is 6.92 Å². The van der Waals surface area contributed by atoms with Crippen LogP contribution in [0, 0.1) is 0 Å². The van der Waals surface area contributed by atoms with E-state index >= 15 is 0 Å². The zero-order chi connectivity index (χ0) is 19.4. The second-order valence-corrected chi connectivity index (χ2v) is 6.99. The quantitative estimate of drug-likeness (QED) is 0.465. The Bertz CT molecular complexity index is 1040. The highest BCUT2D eigenvalue weighted by Gasteiger charge is 2.17. The topological polar surface area (TPSA) is 90.5 Å². The van der Waals surface area contributed by atoms with Crippen LogP contribution in [0.15, 0.2) is 46.9 Å². The van der Waals surface area contributed by atoms with Gasteiger partial charge < -0.3 is 10.1 Å². The molecule has 1 amide bonds. The predicted octanol–water partition coefficient (Wildman–Crippen LogP) is 1.47. The van der Waals surface area contributed by atoms with Crippen molar-refractivity contribution < 1.29 is 9.53 Å². The second kappa shape index (κ2) is 8.36. The van der Waals surface area contributed by atoms with Crippen LogP contribution in [0.5, 0.6) is 0 Å². The number of carbonyl (C=O) groups is 1. The zero-order valence-electron chi connectivity index (χ0n) is 15.2. The van der Waals surface area contributed by atoms with E-state index in [1.807, 2.05) is 25.1 Å². The number of carbonyl (C=O) groups excluding carboxylic acids is 1. The number of ether oxygens (including phenoxy) is 1. The van der Waals surface area contributed by atoms with E-state index in [1.165, 1.54) is 16.3 Å². The van der Waals surface area contributed by atoms with Gasteiger partial charge in [-0.05, 0) is 19.1 Å². The first kappa shape index (κ1) is 19.1. The molecular formula is C18H21N5O3S. The molecule has 2 aromatic heterocycles. The molecule has 0 aliphatic rings. The first-order valence-corrected chi connectivity index (χ1v) is 9.44. The van der Waals surface area contributed by atoms with Crippen molar-refractivity contribution in [1.82, 2.24) is 24.5 Å². The number of allylic oxidation sites excluding steroid dienone is 1. The largest absolute Gasteiger partial charge is 0.383 e. The molecule has 0 aliphatic heterocycles. The van der Waals surface area contributed by atoms with Gasteiger partial charge >= 0.3 is 0 Å². The zero-order valence-corrected chi connectivity index (χ0v) is 16.0. The van der Waals surface area contributed by atoms with E-state index in [4.69, 9.17) is 4.74 Å². The average molecular weight is 387 g/mol. The first-order chi connectivity index (χ1) is 13.1. The third kappa shape index (κ3) is 3.88. The maximum Gasteiger partial charge on any atom is 0.263 e. The van der Waals surface area contributed by atoms with Crippen molar-refractivity contribution >= 4 is 34.3 Å². The number of para-hydroxylation sites is 1. The Balaban J connectivity index is 1.97. The fraction of sp³-hybridized carbons (Fsp3) is 0.333. The summed E-state index contributed by atoms with van der Waals surface area (Å²) in [6.07, 6.45) is 1.64. The second-order valence-electron chi connectivity index (χ2n) is 6.05. The number of rotatable bonds is 8. The van der Waals surface area contributed by atoms with Gasteiger partial charge in [0.1, 0.15) is 0 Å². The molecule has 1 aromatic carbocycles. The van der Waals surface area contributed by atoms with E-state index in [2.05, 4.69) is 22.1 Å². The van der Waals surface area contributed by atoms with Crippen molar-refractivity contribution in [2.45, 2.75) is 24.7 Å². The van der Waals surface area contributed by atoms with E-state index < -0.39 is 0 Å². The number of thioether (sulfide) groups is 1. The van der Waals surface area contributed by atoms with Gasteiger partial charge in [-0.2, -0.15) is 0 Å². The van der Waals surface area contributed by atoms with Crippen molar-refractivity contribution in [3.8, 4) is 0 Å². The minimum atomic E-state index is -0.145. The van der Waals surface area contributed by atoms with E-state index in [0.717, 1.165) is 0 Å². The number of aromatic nitrogens is 4. The molecule has 1 N–H and O–H groups in total. The highest BCUT2D eigenvalue weighted by atomic mass is 32.2. The summed E-state index contributed by atoms with van der Waals surface area (Å²) >= 11 is 1.27. The normalized spacial score (nSPS) is 12.4. The number of nitrogens with zero attached hydrogens (tertiary/aromatic N) is 4. The summed E-state index contributed by atoms with van der Waals surface area (Å²) in [6, 6.07) is 7.21. The lowest BCUT2D eigenvalue weighted by molar-refractivity contribution is -0.119. The smallest absolute Gasteiger partial charge is 0.263 e. The Morgan fingerprint density at radius 1 is 1.41 bits per heavy atom. The average Bonchev–Trinajstić information content (AvgIpc) is 3.07. The minimum absolute atomic E-state index is 0.0724. The third-order valence-electron chi connectivity index (χ3n) is 3.95. The molecule has 0 bridgehead atoms. The van der Waals surface area contributed by atoms with Gasteiger partial charge in [-0.3, -0.25) is 18.6 Å². The molecule has 3 aromatic rings. The molecule has 0 fully saturated rings. The monoisotopic (exact) mass is 387 g/mol. The molecule has 0 aliphatic carbocycles. The molecule has 0 saturated carbocycles. The fourth-order valence-electron chi connectivity index (χ4n) is 2.86. The molecule has 0 saturated heterocycles. The molecule has 3 rings (SSSR count). The summed E-state index contributed by atoms with van der Waals surface area (Å²) in [6.45, 7) is 6.35. The maximum atomic E-state index is 12.7. The molecule has 0 unspecified atom stereocenters. The lowest BCUT2D eigenvalue weighted by Crippen LogP contribution is -2.36. The number of nitrogens with one attached hydrogen (secondary N) is 1. The lowest BCUT2D eigenvalue weighted by atomic mass is 10.2. The molecular weight excluding hydrogens is 366 g/mol. The van der Waals surface area contributed by atoms with Gasteiger partial charge in [-0.15, -0.1) is 16.8 Å². The molecule has 0 spiro atoms. The number of hydrogen-bond donors (Lipinski definition) is 1. The standard InChI is InChI=1S/C18H21N5O3S/c1-4-9-22-16(25)13-7-5-6-8-14(13)23-17(22)20-21-18(23)27-11-15(24)19-12(2)10-26-3/h4-8,12H,1,9-11H2,2-3H3,(H,19,24)/t12-/m0/s1. The minimum Gasteiger partial charge on any atom is -0.383 e. The third-order valence-corrected chi connectivity index (χ3v) is 4.88. The Morgan fingerprint density at radius 2 is 2.19 bits per heavy atom. The molecule has 9 heteroatoms. The van der Waals surface area contributed by atoms with E-state index in [1.54, 1.807) is 23.7 Å². The predicted molar refractivity (Wildman–Crippen MR) is 105 cm³/mol. The van der Waals surface area contributed by atoms with Crippen LogP contribution in [0.4, 0.5) is 0 Å². The Hall–Kier alpha value is -2.65. The van der Waals surface area contributed by atoms with Crippen molar-refractivity contribution in [2.24, 2.45) is 0 Å². The van der Waals surface area contributed by atoms with E-state index in [0.29, 0.717) is 35.0 Å². The van der Waals surface area contributed by atoms with Crippen LogP contribution in [-0.4, -0.2) is 50.6 Å². The number of methoxy groups -OCH3 is 1. The summed E-state index contributed by atoms with van der Waals surface area (Å²) in [7, 11) is 1.59.